The summed E-state index contributed by atoms with van der Waals surface area (Å²) in [7, 11) is 1.42. The van der Waals surface area contributed by atoms with Gasteiger partial charge >= 0.3 is 5.97 Å². The van der Waals surface area contributed by atoms with Gasteiger partial charge in [-0.1, -0.05) is 36.4 Å². The standard InChI is InChI=1S/C24H17FN2O4/c1-30-21-12-11-16(14-22(21)31-24(29)17-7-3-2-4-8-17)13-18(15-26)23(28)27-20-10-6-5-9-19(20)25/h2-14H,1H3,(H,27,28)/b18-13+. The molecule has 154 valence electrons. The largest absolute Gasteiger partial charge is 0.493 e. The normalized spacial score (nSPS) is 10.7. The number of anilines is 1. The second-order valence-electron chi connectivity index (χ2n) is 6.27. The Morgan fingerprint density at radius 2 is 1.71 bits per heavy atom. The lowest BCUT2D eigenvalue weighted by Crippen LogP contribution is -2.14. The molecule has 6 nitrogen and oxygen atoms in total. The first-order chi connectivity index (χ1) is 15.0. The number of nitriles is 1. The van der Waals surface area contributed by atoms with Gasteiger partial charge in [-0.05, 0) is 48.0 Å². The molecule has 0 unspecified atom stereocenters. The third kappa shape index (κ3) is 5.34. The number of carbonyl (C=O) groups excluding carboxylic acids is 2. The van der Waals surface area contributed by atoms with E-state index in [4.69, 9.17) is 9.47 Å². The van der Waals surface area contributed by atoms with Gasteiger partial charge in [-0.25, -0.2) is 9.18 Å². The molecular weight excluding hydrogens is 399 g/mol. The van der Waals surface area contributed by atoms with Crippen LogP contribution >= 0.6 is 0 Å². The minimum absolute atomic E-state index is 0.0409. The smallest absolute Gasteiger partial charge is 0.343 e. The zero-order chi connectivity index (χ0) is 22.2. The molecule has 0 aliphatic heterocycles. The number of esters is 1. The van der Waals surface area contributed by atoms with Gasteiger partial charge in [0.25, 0.3) is 5.91 Å². The highest BCUT2D eigenvalue weighted by molar-refractivity contribution is 6.09. The predicted molar refractivity (Wildman–Crippen MR) is 113 cm³/mol. The van der Waals surface area contributed by atoms with E-state index < -0.39 is 17.7 Å². The van der Waals surface area contributed by atoms with Crippen molar-refractivity contribution < 1.29 is 23.5 Å². The van der Waals surface area contributed by atoms with Crippen molar-refractivity contribution in [2.45, 2.75) is 0 Å². The van der Waals surface area contributed by atoms with Crippen LogP contribution in [0, 0.1) is 17.1 Å². The van der Waals surface area contributed by atoms with Crippen molar-refractivity contribution in [3.63, 3.8) is 0 Å². The molecule has 0 saturated heterocycles. The SMILES string of the molecule is COc1ccc(/C=C(\C#N)C(=O)Nc2ccccc2F)cc1OC(=O)c1ccccc1. The Morgan fingerprint density at radius 1 is 1.00 bits per heavy atom. The van der Waals surface area contributed by atoms with Crippen LogP contribution in [0.3, 0.4) is 0 Å². The van der Waals surface area contributed by atoms with Gasteiger partial charge in [-0.2, -0.15) is 5.26 Å². The van der Waals surface area contributed by atoms with E-state index in [1.54, 1.807) is 54.6 Å². The Kier molecular flexibility index (Phi) is 6.76. The number of ether oxygens (including phenoxy) is 2. The molecule has 0 radical (unpaired) electrons. The van der Waals surface area contributed by atoms with E-state index in [9.17, 15) is 19.2 Å². The number of rotatable bonds is 6. The first-order valence-corrected chi connectivity index (χ1v) is 9.14. The summed E-state index contributed by atoms with van der Waals surface area (Å²) in [5.41, 5.74) is 0.471. The predicted octanol–water partition coefficient (Wildman–Crippen LogP) is 4.60. The van der Waals surface area contributed by atoms with Gasteiger partial charge in [0.2, 0.25) is 0 Å². The molecule has 0 aliphatic rings. The van der Waals surface area contributed by atoms with E-state index in [1.807, 2.05) is 0 Å². The van der Waals surface area contributed by atoms with Crippen molar-refractivity contribution in [1.29, 1.82) is 5.26 Å². The van der Waals surface area contributed by atoms with Gasteiger partial charge in [-0.15, -0.1) is 0 Å². The molecule has 3 aromatic rings. The summed E-state index contributed by atoms with van der Waals surface area (Å²) >= 11 is 0. The first kappa shape index (κ1) is 21.3. The van der Waals surface area contributed by atoms with Gasteiger partial charge in [0.15, 0.2) is 11.5 Å². The van der Waals surface area contributed by atoms with Gasteiger partial charge in [0.05, 0.1) is 18.4 Å². The summed E-state index contributed by atoms with van der Waals surface area (Å²) in [6.07, 6.45) is 1.30. The maximum Gasteiger partial charge on any atom is 0.343 e. The molecule has 0 atom stereocenters. The summed E-state index contributed by atoms with van der Waals surface area (Å²) in [4.78, 5) is 24.8. The van der Waals surface area contributed by atoms with Crippen LogP contribution in [0.1, 0.15) is 15.9 Å². The molecule has 0 saturated carbocycles. The average molecular weight is 416 g/mol. The fourth-order valence-corrected chi connectivity index (χ4v) is 2.66. The van der Waals surface area contributed by atoms with E-state index in [1.165, 1.54) is 37.5 Å². The molecule has 7 heteroatoms. The molecule has 0 spiro atoms. The summed E-state index contributed by atoms with van der Waals surface area (Å²) in [5, 5.41) is 11.7. The van der Waals surface area contributed by atoms with Crippen molar-refractivity contribution >= 4 is 23.6 Å². The number of amides is 1. The molecule has 1 amide bonds. The Bertz CT molecular complexity index is 1180. The van der Waals surface area contributed by atoms with Crippen LogP contribution in [-0.2, 0) is 4.79 Å². The van der Waals surface area contributed by atoms with Crippen molar-refractivity contribution in [2.75, 3.05) is 12.4 Å². The number of nitrogens with one attached hydrogen (secondary N) is 1. The van der Waals surface area contributed by atoms with Gasteiger partial charge in [0, 0.05) is 0 Å². The molecule has 0 heterocycles. The zero-order valence-corrected chi connectivity index (χ0v) is 16.5. The van der Waals surface area contributed by atoms with Crippen molar-refractivity contribution in [1.82, 2.24) is 0 Å². The van der Waals surface area contributed by atoms with Crippen LogP contribution in [0.15, 0.2) is 78.4 Å². The number of benzene rings is 3. The van der Waals surface area contributed by atoms with Crippen LogP contribution in [0.25, 0.3) is 6.08 Å². The maximum absolute atomic E-state index is 13.8. The number of hydrogen-bond acceptors (Lipinski definition) is 5. The Morgan fingerprint density at radius 3 is 2.39 bits per heavy atom. The average Bonchev–Trinajstić information content (AvgIpc) is 2.79. The zero-order valence-electron chi connectivity index (χ0n) is 16.5. The van der Waals surface area contributed by atoms with E-state index >= 15 is 0 Å². The van der Waals surface area contributed by atoms with Crippen molar-refractivity contribution in [2.24, 2.45) is 0 Å². The Balaban J connectivity index is 1.86. The Hall–Kier alpha value is -4.44. The maximum atomic E-state index is 13.8. The van der Waals surface area contributed by atoms with Gasteiger partial charge < -0.3 is 14.8 Å². The Labute approximate surface area is 178 Å². The number of halogens is 1. The minimum Gasteiger partial charge on any atom is -0.493 e. The lowest BCUT2D eigenvalue weighted by Gasteiger charge is -2.10. The fraction of sp³-hybridized carbons (Fsp3) is 0.0417. The number of methoxy groups -OCH3 is 1. The van der Waals surface area contributed by atoms with Crippen molar-refractivity contribution in [3.8, 4) is 17.6 Å². The minimum atomic E-state index is -0.772. The lowest BCUT2D eigenvalue weighted by atomic mass is 10.1. The molecule has 31 heavy (non-hydrogen) atoms. The molecule has 0 fully saturated rings. The number of hydrogen-bond donors (Lipinski definition) is 1. The highest BCUT2D eigenvalue weighted by Gasteiger charge is 2.15. The number of para-hydroxylation sites is 1. The molecule has 0 aliphatic carbocycles. The monoisotopic (exact) mass is 416 g/mol. The number of nitrogens with zero attached hydrogens (tertiary/aromatic N) is 1. The summed E-state index contributed by atoms with van der Waals surface area (Å²) in [6, 6.07) is 20.4. The van der Waals surface area contributed by atoms with Gasteiger partial charge in [0.1, 0.15) is 17.5 Å². The summed E-state index contributed by atoms with van der Waals surface area (Å²) in [5.74, 6) is -1.55. The molecule has 0 bridgehead atoms. The van der Waals surface area contributed by atoms with E-state index in [2.05, 4.69) is 5.32 Å². The topological polar surface area (TPSA) is 88.4 Å². The van der Waals surface area contributed by atoms with Gasteiger partial charge in [-0.3, -0.25) is 4.79 Å². The van der Waals surface area contributed by atoms with Crippen LogP contribution in [-0.4, -0.2) is 19.0 Å². The van der Waals surface area contributed by atoms with Crippen molar-refractivity contribution in [3.05, 3.63) is 95.3 Å². The third-order valence-corrected chi connectivity index (χ3v) is 4.20. The highest BCUT2D eigenvalue weighted by atomic mass is 19.1. The summed E-state index contributed by atoms with van der Waals surface area (Å²) < 4.78 is 24.4. The molecular formula is C24H17FN2O4. The molecule has 0 aromatic heterocycles. The van der Waals surface area contributed by atoms with Crippen LogP contribution in [0.5, 0.6) is 11.5 Å². The van der Waals surface area contributed by atoms with E-state index in [0.717, 1.165) is 0 Å². The number of carbonyl (C=O) groups is 2. The second-order valence-corrected chi connectivity index (χ2v) is 6.27. The quantitative estimate of drug-likeness (QED) is 0.275. The summed E-state index contributed by atoms with van der Waals surface area (Å²) in [6.45, 7) is 0. The van der Waals surface area contributed by atoms with Crippen LogP contribution in [0.2, 0.25) is 0 Å². The van der Waals surface area contributed by atoms with Crippen LogP contribution in [0.4, 0.5) is 10.1 Å². The second kappa shape index (κ2) is 9.85. The third-order valence-electron chi connectivity index (χ3n) is 4.20. The molecule has 3 aromatic carbocycles. The molecule has 3 rings (SSSR count). The lowest BCUT2D eigenvalue weighted by molar-refractivity contribution is -0.112. The van der Waals surface area contributed by atoms with E-state index in [0.29, 0.717) is 16.9 Å². The highest BCUT2D eigenvalue weighted by Crippen LogP contribution is 2.30. The first-order valence-electron chi connectivity index (χ1n) is 9.14. The fourth-order valence-electron chi connectivity index (χ4n) is 2.66. The molecule has 1 N–H and O–H groups in total. The van der Waals surface area contributed by atoms with Crippen LogP contribution < -0.4 is 14.8 Å². The van der Waals surface area contributed by atoms with E-state index in [-0.39, 0.29) is 17.0 Å².